The molecular weight excluding hydrogens is 288 g/mol. The molecule has 1 atom stereocenters. The van der Waals surface area contributed by atoms with Gasteiger partial charge in [0.05, 0.1) is 12.5 Å². The summed E-state index contributed by atoms with van der Waals surface area (Å²) in [5.41, 5.74) is 1.23. The molecule has 112 valence electrons. The van der Waals surface area contributed by atoms with Crippen molar-refractivity contribution in [3.8, 4) is 6.07 Å². The molecule has 0 spiro atoms. The van der Waals surface area contributed by atoms with Gasteiger partial charge in [0.2, 0.25) is 0 Å². The van der Waals surface area contributed by atoms with Gasteiger partial charge >= 0.3 is 5.97 Å². The van der Waals surface area contributed by atoms with Crippen LogP contribution in [0.3, 0.4) is 0 Å². The number of nitrogens with zero attached hydrogens (tertiary/aromatic N) is 2. The average molecular weight is 306 g/mol. The second-order valence-electron chi connectivity index (χ2n) is 5.13. The molecule has 0 saturated heterocycles. The van der Waals surface area contributed by atoms with Crippen LogP contribution in [-0.4, -0.2) is 36.5 Å². The second-order valence-corrected chi connectivity index (χ2v) is 6.26. The number of carbonyl (C=O) groups is 2. The van der Waals surface area contributed by atoms with E-state index in [0.717, 1.165) is 19.3 Å². The van der Waals surface area contributed by atoms with Gasteiger partial charge in [-0.25, -0.2) is 4.79 Å². The highest BCUT2D eigenvalue weighted by molar-refractivity contribution is 7.14. The zero-order chi connectivity index (χ0) is 15.4. The first kappa shape index (κ1) is 15.5. The van der Waals surface area contributed by atoms with E-state index >= 15 is 0 Å². The van der Waals surface area contributed by atoms with Crippen molar-refractivity contribution in [2.45, 2.75) is 38.7 Å². The first-order valence-corrected chi connectivity index (χ1v) is 7.79. The van der Waals surface area contributed by atoms with E-state index in [1.165, 1.54) is 26.7 Å². The molecule has 6 heteroatoms. The minimum Gasteiger partial charge on any atom is -0.448 e. The van der Waals surface area contributed by atoms with Crippen molar-refractivity contribution in [1.82, 2.24) is 4.90 Å². The van der Waals surface area contributed by atoms with E-state index in [4.69, 9.17) is 10.00 Å². The van der Waals surface area contributed by atoms with Gasteiger partial charge in [0.25, 0.3) is 5.91 Å². The molecule has 0 aromatic carbocycles. The summed E-state index contributed by atoms with van der Waals surface area (Å²) in [5.74, 6) is -0.730. The van der Waals surface area contributed by atoms with Gasteiger partial charge in [-0.3, -0.25) is 4.79 Å². The van der Waals surface area contributed by atoms with Gasteiger partial charge in [0.15, 0.2) is 6.10 Å². The molecule has 0 fully saturated rings. The standard InChI is InChI=1S/C15H18N2O3S/c1-10(14(18)17(2)8-4-7-16)20-15(19)13-9-11-5-3-6-12(11)21-13/h9-10H,3-6,8H2,1-2H3/t10-/m1/s1. The molecule has 0 saturated carbocycles. The first-order valence-electron chi connectivity index (χ1n) is 6.97. The third-order valence-electron chi connectivity index (χ3n) is 3.51. The molecule has 1 amide bonds. The summed E-state index contributed by atoms with van der Waals surface area (Å²) in [5, 5.41) is 8.51. The van der Waals surface area contributed by atoms with E-state index in [2.05, 4.69) is 0 Å². The lowest BCUT2D eigenvalue weighted by atomic mass is 10.2. The van der Waals surface area contributed by atoms with E-state index in [0.29, 0.717) is 11.4 Å². The molecule has 0 N–H and O–H groups in total. The van der Waals surface area contributed by atoms with E-state index in [1.807, 2.05) is 12.1 Å². The van der Waals surface area contributed by atoms with Gasteiger partial charge in [-0.05, 0) is 37.8 Å². The highest BCUT2D eigenvalue weighted by Crippen LogP contribution is 2.31. The van der Waals surface area contributed by atoms with Gasteiger partial charge in [-0.2, -0.15) is 5.26 Å². The number of fused-ring (bicyclic) bond motifs is 1. The SMILES string of the molecule is C[C@@H](OC(=O)c1cc2c(s1)CCC2)C(=O)N(C)CCC#N. The number of likely N-dealkylation sites (N-methyl/N-ethyl adjacent to an activating group) is 1. The minimum atomic E-state index is -0.835. The Balaban J connectivity index is 1.92. The van der Waals surface area contributed by atoms with Crippen molar-refractivity contribution in [3.05, 3.63) is 21.4 Å². The third-order valence-corrected chi connectivity index (χ3v) is 4.73. The molecule has 0 radical (unpaired) electrons. The van der Waals surface area contributed by atoms with Crippen molar-refractivity contribution in [2.75, 3.05) is 13.6 Å². The third kappa shape index (κ3) is 3.61. The summed E-state index contributed by atoms with van der Waals surface area (Å²) in [7, 11) is 1.60. The van der Waals surface area contributed by atoms with Crippen LogP contribution < -0.4 is 0 Å². The average Bonchev–Trinajstić information content (AvgIpc) is 3.04. The van der Waals surface area contributed by atoms with E-state index in [9.17, 15) is 9.59 Å². The summed E-state index contributed by atoms with van der Waals surface area (Å²) in [6.07, 6.45) is 2.62. The van der Waals surface area contributed by atoms with Crippen molar-refractivity contribution in [1.29, 1.82) is 5.26 Å². The Hall–Kier alpha value is -1.87. The Labute approximate surface area is 128 Å². The normalized spacial score (nSPS) is 14.1. The number of nitriles is 1. The van der Waals surface area contributed by atoms with E-state index in [1.54, 1.807) is 14.0 Å². The summed E-state index contributed by atoms with van der Waals surface area (Å²) in [6, 6.07) is 3.86. The van der Waals surface area contributed by atoms with Crippen LogP contribution >= 0.6 is 11.3 Å². The Morgan fingerprint density at radius 1 is 1.52 bits per heavy atom. The van der Waals surface area contributed by atoms with Crippen LogP contribution in [0, 0.1) is 11.3 Å². The van der Waals surface area contributed by atoms with Crippen molar-refractivity contribution >= 4 is 23.2 Å². The van der Waals surface area contributed by atoms with Crippen LogP contribution in [-0.2, 0) is 22.4 Å². The topological polar surface area (TPSA) is 70.4 Å². The molecule has 1 aliphatic rings. The molecule has 0 bridgehead atoms. The zero-order valence-electron chi connectivity index (χ0n) is 12.2. The summed E-state index contributed by atoms with van der Waals surface area (Å²) in [6.45, 7) is 1.90. The van der Waals surface area contributed by atoms with Crippen LogP contribution in [0.25, 0.3) is 0 Å². The molecule has 5 nitrogen and oxygen atoms in total. The number of carbonyl (C=O) groups excluding carboxylic acids is 2. The summed E-state index contributed by atoms with van der Waals surface area (Å²) in [4.78, 5) is 27.3. The number of thiophene rings is 1. The number of rotatable bonds is 5. The molecule has 1 aliphatic carbocycles. The van der Waals surface area contributed by atoms with Gasteiger partial charge in [0, 0.05) is 18.5 Å². The fraction of sp³-hybridized carbons (Fsp3) is 0.533. The maximum absolute atomic E-state index is 12.1. The van der Waals surface area contributed by atoms with Crippen molar-refractivity contribution in [3.63, 3.8) is 0 Å². The Morgan fingerprint density at radius 3 is 2.95 bits per heavy atom. The van der Waals surface area contributed by atoms with Crippen molar-refractivity contribution < 1.29 is 14.3 Å². The van der Waals surface area contributed by atoms with Crippen molar-refractivity contribution in [2.24, 2.45) is 0 Å². The monoisotopic (exact) mass is 306 g/mol. The number of hydrogen-bond acceptors (Lipinski definition) is 5. The highest BCUT2D eigenvalue weighted by atomic mass is 32.1. The lowest BCUT2D eigenvalue weighted by molar-refractivity contribution is -0.138. The molecule has 1 heterocycles. The van der Waals surface area contributed by atoms with Gasteiger partial charge in [0.1, 0.15) is 4.88 Å². The lowest BCUT2D eigenvalue weighted by Crippen LogP contribution is -2.37. The molecule has 1 aromatic rings. The van der Waals surface area contributed by atoms with E-state index < -0.39 is 12.1 Å². The van der Waals surface area contributed by atoms with Crippen LogP contribution in [0.1, 0.15) is 39.9 Å². The molecule has 1 aromatic heterocycles. The fourth-order valence-corrected chi connectivity index (χ4v) is 3.47. The maximum atomic E-state index is 12.1. The Kier molecular flexibility index (Phi) is 4.97. The van der Waals surface area contributed by atoms with Crippen LogP contribution in [0.5, 0.6) is 0 Å². The first-order chi connectivity index (χ1) is 10.0. The molecular formula is C15H18N2O3S. The maximum Gasteiger partial charge on any atom is 0.349 e. The molecule has 0 aliphatic heterocycles. The summed E-state index contributed by atoms with van der Waals surface area (Å²) >= 11 is 1.46. The quantitative estimate of drug-likeness (QED) is 0.782. The predicted octanol–water partition coefficient (Wildman–Crippen LogP) is 2.15. The minimum absolute atomic E-state index is 0.264. The second kappa shape index (κ2) is 6.72. The van der Waals surface area contributed by atoms with Gasteiger partial charge in [-0.1, -0.05) is 0 Å². The van der Waals surface area contributed by atoms with Crippen LogP contribution in [0.2, 0.25) is 0 Å². The van der Waals surface area contributed by atoms with Gasteiger partial charge in [-0.15, -0.1) is 11.3 Å². The van der Waals surface area contributed by atoms with E-state index in [-0.39, 0.29) is 12.3 Å². The fourth-order valence-electron chi connectivity index (χ4n) is 2.34. The number of hydrogen-bond donors (Lipinski definition) is 0. The molecule has 0 unspecified atom stereocenters. The number of amides is 1. The van der Waals surface area contributed by atoms with Crippen LogP contribution in [0.15, 0.2) is 6.07 Å². The van der Waals surface area contributed by atoms with Crippen LogP contribution in [0.4, 0.5) is 0 Å². The van der Waals surface area contributed by atoms with Gasteiger partial charge < -0.3 is 9.64 Å². The Morgan fingerprint density at radius 2 is 2.29 bits per heavy atom. The largest absolute Gasteiger partial charge is 0.448 e. The smallest absolute Gasteiger partial charge is 0.349 e. The Bertz CT molecular complexity index is 567. The zero-order valence-corrected chi connectivity index (χ0v) is 13.0. The number of esters is 1. The summed E-state index contributed by atoms with van der Waals surface area (Å²) < 4.78 is 5.23. The molecule has 21 heavy (non-hydrogen) atoms. The lowest BCUT2D eigenvalue weighted by Gasteiger charge is -2.20. The highest BCUT2D eigenvalue weighted by Gasteiger charge is 2.24. The molecule has 2 rings (SSSR count). The number of aryl methyl sites for hydroxylation is 2. The number of ether oxygens (including phenoxy) is 1. The predicted molar refractivity (Wildman–Crippen MR) is 79.1 cm³/mol.